The number of fused-ring (bicyclic) bond motifs is 2. The highest BCUT2D eigenvalue weighted by molar-refractivity contribution is 6.08. The third kappa shape index (κ3) is 1.39. The second kappa shape index (κ2) is 3.71. The van der Waals surface area contributed by atoms with Gasteiger partial charge in [-0.05, 0) is 37.1 Å². The van der Waals surface area contributed by atoms with Gasteiger partial charge in [0.25, 0.3) is 0 Å². The normalized spacial score (nSPS) is 19.3. The molecule has 0 spiro atoms. The largest absolute Gasteiger partial charge is 0.318 e. The molecule has 1 aliphatic rings. The summed E-state index contributed by atoms with van der Waals surface area (Å²) in [7, 11) is 0. The van der Waals surface area contributed by atoms with Crippen LogP contribution < -0.4 is 5.73 Å². The van der Waals surface area contributed by atoms with E-state index in [4.69, 9.17) is 5.73 Å². The molecular weight excluding hydrogens is 226 g/mol. The Balaban J connectivity index is 2.38. The van der Waals surface area contributed by atoms with E-state index in [1.165, 1.54) is 0 Å². The number of hydrogen-bond acceptors (Lipinski definition) is 4. The predicted molar refractivity (Wildman–Crippen MR) is 70.1 cm³/mol. The van der Waals surface area contributed by atoms with Gasteiger partial charge in [0.1, 0.15) is 5.69 Å². The van der Waals surface area contributed by atoms with Crippen molar-refractivity contribution in [1.29, 1.82) is 0 Å². The van der Waals surface area contributed by atoms with Gasteiger partial charge in [-0.3, -0.25) is 4.79 Å². The Kier molecular flexibility index (Phi) is 2.28. The lowest BCUT2D eigenvalue weighted by atomic mass is 9.89. The molecule has 0 saturated carbocycles. The minimum absolute atomic E-state index is 0.147. The Morgan fingerprint density at radius 2 is 1.61 bits per heavy atom. The van der Waals surface area contributed by atoms with Gasteiger partial charge in [0.15, 0.2) is 0 Å². The number of carbonyl (C=O) groups is 1. The average Bonchev–Trinajstić information content (AvgIpc) is 2.41. The van der Waals surface area contributed by atoms with E-state index in [-0.39, 0.29) is 5.78 Å². The van der Waals surface area contributed by atoms with Crippen LogP contribution in [0.3, 0.4) is 0 Å². The number of hydrogen-bond donors (Lipinski definition) is 1. The maximum Gasteiger partial charge on any atom is 0.204 e. The Morgan fingerprint density at radius 3 is 2.22 bits per heavy atom. The molecule has 0 radical (unpaired) electrons. The van der Waals surface area contributed by atoms with Gasteiger partial charge in [-0.1, -0.05) is 12.1 Å². The monoisotopic (exact) mass is 239 g/mol. The average molecular weight is 239 g/mol. The summed E-state index contributed by atoms with van der Waals surface area (Å²) in [4.78, 5) is 21.1. The molecule has 3 rings (SSSR count). The lowest BCUT2D eigenvalue weighted by molar-refractivity contribution is 0.0967. The molecule has 1 aliphatic carbocycles. The molecule has 0 amide bonds. The molecule has 4 heteroatoms. The molecule has 1 unspecified atom stereocenters. The highest BCUT2D eigenvalue weighted by Crippen LogP contribution is 2.29. The minimum Gasteiger partial charge on any atom is -0.318 e. The molecule has 2 N–H and O–H groups in total. The number of nitrogens with two attached hydrogens (primary N) is 1. The van der Waals surface area contributed by atoms with Crippen molar-refractivity contribution in [2.75, 3.05) is 0 Å². The molecule has 1 aromatic heterocycles. The zero-order valence-electron chi connectivity index (χ0n) is 10.3. The van der Waals surface area contributed by atoms with Gasteiger partial charge in [-0.2, -0.15) is 0 Å². The van der Waals surface area contributed by atoms with Crippen molar-refractivity contribution >= 4 is 22.4 Å². The molecule has 1 aromatic carbocycles. The van der Waals surface area contributed by atoms with E-state index >= 15 is 0 Å². The van der Waals surface area contributed by atoms with Gasteiger partial charge in [0.2, 0.25) is 5.78 Å². The van der Waals surface area contributed by atoms with Crippen LogP contribution in [-0.4, -0.2) is 21.8 Å². The predicted octanol–water partition coefficient (Wildman–Crippen LogP) is 1.95. The highest BCUT2D eigenvalue weighted by Gasteiger charge is 2.30. The van der Waals surface area contributed by atoms with E-state index in [2.05, 4.69) is 9.97 Å². The molecule has 4 nitrogen and oxygen atoms in total. The van der Waals surface area contributed by atoms with Gasteiger partial charge in [-0.15, -0.1) is 0 Å². The molecule has 18 heavy (non-hydrogen) atoms. The van der Waals surface area contributed by atoms with Gasteiger partial charge >= 0.3 is 0 Å². The summed E-state index contributed by atoms with van der Waals surface area (Å²) in [6.07, 6.45) is 0. The first-order chi connectivity index (χ1) is 8.59. The molecule has 0 bridgehead atoms. The van der Waals surface area contributed by atoms with Crippen molar-refractivity contribution in [3.05, 3.63) is 41.2 Å². The number of allylic oxidation sites excluding steroid dienone is 1. The van der Waals surface area contributed by atoms with Gasteiger partial charge in [0, 0.05) is 0 Å². The number of para-hydroxylation sites is 2. The van der Waals surface area contributed by atoms with E-state index in [1.54, 1.807) is 0 Å². The summed E-state index contributed by atoms with van der Waals surface area (Å²) in [5.74, 6) is -0.147. The molecule has 1 heterocycles. The van der Waals surface area contributed by atoms with Crippen molar-refractivity contribution < 1.29 is 4.79 Å². The fourth-order valence-electron chi connectivity index (χ4n) is 2.20. The molecule has 0 fully saturated rings. The van der Waals surface area contributed by atoms with Crippen molar-refractivity contribution in [2.45, 2.75) is 19.9 Å². The molecule has 1 atom stereocenters. The number of ketones is 1. The number of benzene rings is 1. The summed E-state index contributed by atoms with van der Waals surface area (Å²) in [6, 6.07) is 6.94. The summed E-state index contributed by atoms with van der Waals surface area (Å²) in [5, 5.41) is 0. The number of carbonyl (C=O) groups excluding carboxylic acids is 1. The topological polar surface area (TPSA) is 68.9 Å². The molecular formula is C14H13N3O. The fraction of sp³-hybridized carbons (Fsp3) is 0.214. The summed E-state index contributed by atoms with van der Waals surface area (Å²) < 4.78 is 0. The Hall–Kier alpha value is -2.07. The quantitative estimate of drug-likeness (QED) is 0.762. The van der Waals surface area contributed by atoms with Crippen molar-refractivity contribution in [1.82, 2.24) is 9.97 Å². The van der Waals surface area contributed by atoms with Gasteiger partial charge in [-0.25, -0.2) is 9.97 Å². The second-order valence-corrected chi connectivity index (χ2v) is 4.56. The Labute approximate surface area is 105 Å². The molecule has 2 aromatic rings. The van der Waals surface area contributed by atoms with E-state index < -0.39 is 6.04 Å². The molecule has 90 valence electrons. The van der Waals surface area contributed by atoms with Crippen LogP contribution in [0, 0.1) is 0 Å². The maximum absolute atomic E-state index is 12.2. The van der Waals surface area contributed by atoms with Crippen molar-refractivity contribution in [3.63, 3.8) is 0 Å². The smallest absolute Gasteiger partial charge is 0.204 e. The van der Waals surface area contributed by atoms with E-state index in [0.29, 0.717) is 11.4 Å². The van der Waals surface area contributed by atoms with Crippen LogP contribution in [0.15, 0.2) is 29.8 Å². The zero-order chi connectivity index (χ0) is 12.9. The minimum atomic E-state index is -0.590. The van der Waals surface area contributed by atoms with Crippen LogP contribution in [0.1, 0.15) is 30.0 Å². The van der Waals surface area contributed by atoms with Crippen LogP contribution in [0.4, 0.5) is 0 Å². The summed E-state index contributed by atoms with van der Waals surface area (Å²) in [5.41, 5.74) is 10.3. The lowest BCUT2D eigenvalue weighted by Crippen LogP contribution is -2.36. The van der Waals surface area contributed by atoms with Crippen molar-refractivity contribution in [2.24, 2.45) is 5.73 Å². The third-order valence-corrected chi connectivity index (χ3v) is 3.50. The summed E-state index contributed by atoms with van der Waals surface area (Å²) >= 11 is 0. The molecule has 0 aliphatic heterocycles. The van der Waals surface area contributed by atoms with Gasteiger partial charge in [0.05, 0.1) is 22.8 Å². The highest BCUT2D eigenvalue weighted by atomic mass is 16.1. The van der Waals surface area contributed by atoms with Crippen LogP contribution in [-0.2, 0) is 0 Å². The zero-order valence-corrected chi connectivity index (χ0v) is 10.3. The Bertz CT molecular complexity index is 703. The number of aromatic nitrogens is 2. The second-order valence-electron chi connectivity index (χ2n) is 4.56. The fourth-order valence-corrected chi connectivity index (χ4v) is 2.20. The van der Waals surface area contributed by atoms with Crippen LogP contribution >= 0.6 is 0 Å². The summed E-state index contributed by atoms with van der Waals surface area (Å²) in [6.45, 7) is 3.81. The SMILES string of the molecule is CC1=C(C)C(N)C(=O)c2nc3ccccc3nc21. The van der Waals surface area contributed by atoms with Gasteiger partial charge < -0.3 is 5.73 Å². The first-order valence-corrected chi connectivity index (χ1v) is 5.84. The van der Waals surface area contributed by atoms with Crippen molar-refractivity contribution in [3.8, 4) is 0 Å². The molecule has 0 saturated heterocycles. The number of rotatable bonds is 0. The Morgan fingerprint density at radius 1 is 1.06 bits per heavy atom. The van der Waals surface area contributed by atoms with E-state index in [1.807, 2.05) is 38.1 Å². The maximum atomic E-state index is 12.2. The van der Waals surface area contributed by atoms with E-state index in [0.717, 1.165) is 22.2 Å². The first kappa shape index (κ1) is 11.0. The number of Topliss-reactive ketones (excluding diaryl/α,β-unsaturated/α-hetero) is 1. The standard InChI is InChI=1S/C14H13N3O/c1-7-8(2)12-13(14(18)11(7)15)17-10-6-4-3-5-9(10)16-12/h3-6,11H,15H2,1-2H3. The van der Waals surface area contributed by atoms with Crippen LogP contribution in [0.25, 0.3) is 16.6 Å². The first-order valence-electron chi connectivity index (χ1n) is 5.84. The number of nitrogens with zero attached hydrogens (tertiary/aromatic N) is 2. The van der Waals surface area contributed by atoms with Crippen LogP contribution in [0.2, 0.25) is 0 Å². The third-order valence-electron chi connectivity index (χ3n) is 3.50. The van der Waals surface area contributed by atoms with E-state index in [9.17, 15) is 4.79 Å². The lowest BCUT2D eigenvalue weighted by Gasteiger charge is -2.22. The van der Waals surface area contributed by atoms with Crippen LogP contribution in [0.5, 0.6) is 0 Å².